The Morgan fingerprint density at radius 1 is 1.10 bits per heavy atom. The van der Waals surface area contributed by atoms with Gasteiger partial charge in [-0.05, 0) is 23.6 Å². The van der Waals surface area contributed by atoms with Crippen molar-refractivity contribution in [2.75, 3.05) is 13.7 Å². The second kappa shape index (κ2) is 7.55. The van der Waals surface area contributed by atoms with Gasteiger partial charge in [-0.25, -0.2) is 0 Å². The van der Waals surface area contributed by atoms with E-state index in [1.165, 1.54) is 5.01 Å². The van der Waals surface area contributed by atoms with Gasteiger partial charge in [0.25, 0.3) is 0 Å². The molecule has 0 aromatic heterocycles. The van der Waals surface area contributed by atoms with Crippen molar-refractivity contribution in [2.45, 2.75) is 19.6 Å². The molecule has 2 rings (SSSR count). The van der Waals surface area contributed by atoms with Crippen LogP contribution >= 0.6 is 0 Å². The Balaban J connectivity index is 2.38. The average molecular weight is 284 g/mol. The molecule has 0 fully saturated rings. The molecule has 0 spiro atoms. The van der Waals surface area contributed by atoms with Gasteiger partial charge in [0.15, 0.2) is 0 Å². The molecule has 4 heteroatoms. The molecule has 21 heavy (non-hydrogen) atoms. The van der Waals surface area contributed by atoms with E-state index >= 15 is 0 Å². The zero-order valence-corrected chi connectivity index (χ0v) is 12.4. The van der Waals surface area contributed by atoms with Gasteiger partial charge in [-0.1, -0.05) is 54.6 Å². The Morgan fingerprint density at radius 3 is 2.43 bits per heavy atom. The summed E-state index contributed by atoms with van der Waals surface area (Å²) in [6.07, 6.45) is -0.132. The van der Waals surface area contributed by atoms with E-state index in [9.17, 15) is 4.91 Å². The van der Waals surface area contributed by atoms with Crippen molar-refractivity contribution in [1.82, 2.24) is 5.01 Å². The van der Waals surface area contributed by atoms with E-state index in [0.717, 1.165) is 16.7 Å². The fraction of sp³-hybridized carbons (Fsp3) is 0.294. The molecule has 0 radical (unpaired) electrons. The molecule has 110 valence electrons. The highest BCUT2D eigenvalue weighted by Gasteiger charge is 2.18. The van der Waals surface area contributed by atoms with E-state index in [2.05, 4.69) is 17.4 Å². The van der Waals surface area contributed by atoms with Crippen LogP contribution in [0.25, 0.3) is 0 Å². The van der Waals surface area contributed by atoms with Gasteiger partial charge in [-0.15, -0.1) is 4.91 Å². The Morgan fingerprint density at radius 2 is 1.76 bits per heavy atom. The van der Waals surface area contributed by atoms with E-state index in [0.29, 0.717) is 13.2 Å². The summed E-state index contributed by atoms with van der Waals surface area (Å²) in [5.41, 5.74) is 3.22. The Labute approximate surface area is 125 Å². The highest BCUT2D eigenvalue weighted by molar-refractivity contribution is 5.36. The maximum Gasteiger partial charge on any atom is 0.108 e. The number of benzene rings is 2. The minimum Gasteiger partial charge on any atom is -0.369 e. The summed E-state index contributed by atoms with van der Waals surface area (Å²) in [4.78, 5) is 10.6. The van der Waals surface area contributed by atoms with Gasteiger partial charge in [0.2, 0.25) is 0 Å². The lowest BCUT2D eigenvalue weighted by molar-refractivity contribution is 0.0902. The summed E-state index contributed by atoms with van der Waals surface area (Å²) in [7, 11) is 1.67. The molecule has 1 atom stereocenters. The van der Waals surface area contributed by atoms with Crippen LogP contribution in [0.3, 0.4) is 0 Å². The lowest BCUT2D eigenvalue weighted by atomic mass is 9.96. The molecular formula is C17H20N2O2. The molecule has 1 unspecified atom stereocenters. The van der Waals surface area contributed by atoms with Crippen LogP contribution in [-0.2, 0) is 11.3 Å². The van der Waals surface area contributed by atoms with E-state index in [-0.39, 0.29) is 6.10 Å². The predicted octanol–water partition coefficient (Wildman–Crippen LogP) is 3.93. The first-order chi connectivity index (χ1) is 10.3. The summed E-state index contributed by atoms with van der Waals surface area (Å²) < 4.78 is 5.94. The summed E-state index contributed by atoms with van der Waals surface area (Å²) in [6, 6.07) is 18.1. The van der Waals surface area contributed by atoms with Crippen molar-refractivity contribution in [3.8, 4) is 0 Å². The number of hydrogen-bond acceptors (Lipinski definition) is 3. The predicted molar refractivity (Wildman–Crippen MR) is 83.6 cm³/mol. The SMILES string of the molecule is CCOC(c1ccccc1)c1ccccc1CN(C)N=O. The molecular weight excluding hydrogens is 264 g/mol. The monoisotopic (exact) mass is 284 g/mol. The van der Waals surface area contributed by atoms with E-state index in [1.54, 1.807) is 7.05 Å². The zero-order chi connectivity index (χ0) is 15.1. The van der Waals surface area contributed by atoms with Crippen molar-refractivity contribution in [3.05, 3.63) is 76.2 Å². The van der Waals surface area contributed by atoms with Gasteiger partial charge in [0.05, 0.1) is 11.8 Å². The molecule has 2 aromatic rings. The van der Waals surface area contributed by atoms with E-state index in [1.807, 2.05) is 49.4 Å². The number of ether oxygens (including phenoxy) is 1. The Hall–Kier alpha value is -2.20. The molecule has 0 amide bonds. The van der Waals surface area contributed by atoms with Crippen LogP contribution < -0.4 is 0 Å². The molecule has 0 saturated carbocycles. The highest BCUT2D eigenvalue weighted by Crippen LogP contribution is 2.29. The fourth-order valence-electron chi connectivity index (χ4n) is 2.37. The van der Waals surface area contributed by atoms with Gasteiger partial charge in [0, 0.05) is 13.7 Å². The lowest BCUT2D eigenvalue weighted by Crippen LogP contribution is -2.14. The van der Waals surface area contributed by atoms with Crippen LogP contribution in [0.5, 0.6) is 0 Å². The molecule has 2 aromatic carbocycles. The quantitative estimate of drug-likeness (QED) is 0.571. The van der Waals surface area contributed by atoms with Crippen molar-refractivity contribution in [1.29, 1.82) is 0 Å². The first-order valence-corrected chi connectivity index (χ1v) is 7.05. The molecule has 0 saturated heterocycles. The van der Waals surface area contributed by atoms with Crippen LogP contribution in [0.15, 0.2) is 59.9 Å². The summed E-state index contributed by atoms with van der Waals surface area (Å²) in [6.45, 7) is 3.07. The highest BCUT2D eigenvalue weighted by atomic mass is 16.5. The summed E-state index contributed by atoms with van der Waals surface area (Å²) in [5, 5.41) is 4.33. The number of nitroso groups, excluding NO2 is 1. The second-order valence-electron chi connectivity index (χ2n) is 4.84. The molecule has 0 aliphatic rings. The standard InChI is InChI=1S/C17H20N2O2/c1-3-21-17(14-9-5-4-6-10-14)16-12-8-7-11-15(16)13-19(2)18-20/h4-12,17H,3,13H2,1-2H3. The molecule has 0 aliphatic heterocycles. The summed E-state index contributed by atoms with van der Waals surface area (Å²) >= 11 is 0. The van der Waals surface area contributed by atoms with Crippen LogP contribution in [0.4, 0.5) is 0 Å². The molecule has 0 bridgehead atoms. The summed E-state index contributed by atoms with van der Waals surface area (Å²) in [5.74, 6) is 0. The van der Waals surface area contributed by atoms with Crippen molar-refractivity contribution in [2.24, 2.45) is 5.29 Å². The second-order valence-corrected chi connectivity index (χ2v) is 4.84. The average Bonchev–Trinajstić information content (AvgIpc) is 2.54. The third-order valence-electron chi connectivity index (χ3n) is 3.31. The Kier molecular flexibility index (Phi) is 5.46. The molecule has 0 heterocycles. The van der Waals surface area contributed by atoms with Crippen LogP contribution in [0.2, 0.25) is 0 Å². The lowest BCUT2D eigenvalue weighted by Gasteiger charge is -2.22. The maximum absolute atomic E-state index is 10.6. The number of rotatable bonds is 7. The van der Waals surface area contributed by atoms with E-state index < -0.39 is 0 Å². The number of nitrogens with zero attached hydrogens (tertiary/aromatic N) is 2. The van der Waals surface area contributed by atoms with Crippen molar-refractivity contribution in [3.63, 3.8) is 0 Å². The topological polar surface area (TPSA) is 41.9 Å². The molecule has 4 nitrogen and oxygen atoms in total. The zero-order valence-electron chi connectivity index (χ0n) is 12.4. The van der Waals surface area contributed by atoms with Crippen LogP contribution in [0.1, 0.15) is 29.7 Å². The van der Waals surface area contributed by atoms with Gasteiger partial charge in [-0.3, -0.25) is 5.01 Å². The first kappa shape index (κ1) is 15.2. The van der Waals surface area contributed by atoms with Crippen LogP contribution in [-0.4, -0.2) is 18.7 Å². The van der Waals surface area contributed by atoms with Crippen molar-refractivity contribution >= 4 is 0 Å². The molecule has 0 N–H and O–H groups in total. The fourth-order valence-corrected chi connectivity index (χ4v) is 2.37. The van der Waals surface area contributed by atoms with E-state index in [4.69, 9.17) is 4.74 Å². The third-order valence-corrected chi connectivity index (χ3v) is 3.31. The van der Waals surface area contributed by atoms with Gasteiger partial charge >= 0.3 is 0 Å². The van der Waals surface area contributed by atoms with Crippen molar-refractivity contribution < 1.29 is 4.74 Å². The number of hydrogen-bond donors (Lipinski definition) is 0. The van der Waals surface area contributed by atoms with Gasteiger partial charge in [0.1, 0.15) is 6.10 Å². The van der Waals surface area contributed by atoms with Gasteiger partial charge < -0.3 is 4.74 Å². The molecule has 0 aliphatic carbocycles. The smallest absolute Gasteiger partial charge is 0.108 e. The van der Waals surface area contributed by atoms with Gasteiger partial charge in [-0.2, -0.15) is 0 Å². The first-order valence-electron chi connectivity index (χ1n) is 7.05. The Bertz CT molecular complexity index is 572. The minimum absolute atomic E-state index is 0.132. The van der Waals surface area contributed by atoms with Crippen LogP contribution in [0, 0.1) is 4.91 Å². The third kappa shape index (κ3) is 3.89. The largest absolute Gasteiger partial charge is 0.369 e. The minimum atomic E-state index is -0.132. The normalized spacial score (nSPS) is 11.9. The maximum atomic E-state index is 10.6.